The van der Waals surface area contributed by atoms with Crippen LogP contribution in [0.4, 0.5) is 5.69 Å². The van der Waals surface area contributed by atoms with E-state index in [1.165, 1.54) is 30.5 Å². The molecule has 0 fully saturated rings. The lowest BCUT2D eigenvalue weighted by Gasteiger charge is -2.18. The molecule has 1 N–H and O–H groups in total. The van der Waals surface area contributed by atoms with Crippen LogP contribution in [0, 0.1) is 0 Å². The number of hydrogen-bond acceptors (Lipinski definition) is 4. The molecule has 0 radical (unpaired) electrons. The number of unbranched alkanes of at least 4 members (excludes halogenated alkanes) is 1. The molecule has 28 heavy (non-hydrogen) atoms. The van der Waals surface area contributed by atoms with Gasteiger partial charge in [-0.2, -0.15) is 0 Å². The molecule has 0 saturated heterocycles. The zero-order valence-corrected chi connectivity index (χ0v) is 18.7. The lowest BCUT2D eigenvalue weighted by Crippen LogP contribution is -2.24. The second-order valence-corrected chi connectivity index (χ2v) is 7.59. The van der Waals surface area contributed by atoms with Crippen LogP contribution in [0.1, 0.15) is 47.0 Å². The van der Waals surface area contributed by atoms with Crippen molar-refractivity contribution in [3.05, 3.63) is 42.5 Å². The summed E-state index contributed by atoms with van der Waals surface area (Å²) in [5.74, 6) is 0. The number of fused-ring (bicyclic) bond motifs is 2. The fourth-order valence-corrected chi connectivity index (χ4v) is 3.49. The smallest absolute Gasteiger partial charge is 0.0731 e. The van der Waals surface area contributed by atoms with Gasteiger partial charge in [0.1, 0.15) is 0 Å². The number of hydrogen-bond donors (Lipinski definition) is 2. The monoisotopic (exact) mass is 397 g/mol. The molecule has 3 nitrogen and oxygen atoms in total. The molecule has 1 heterocycles. The van der Waals surface area contributed by atoms with Gasteiger partial charge in [0.25, 0.3) is 0 Å². The minimum Gasteiger partial charge on any atom is -0.384 e. The van der Waals surface area contributed by atoms with E-state index in [9.17, 15) is 0 Å². The fourth-order valence-electron chi connectivity index (χ4n) is 3.28. The van der Waals surface area contributed by atoms with Crippen LogP contribution in [0.3, 0.4) is 0 Å². The molecule has 0 spiro atoms. The number of benzene rings is 2. The average molecular weight is 398 g/mol. The van der Waals surface area contributed by atoms with E-state index in [4.69, 9.17) is 4.98 Å². The van der Waals surface area contributed by atoms with Crippen molar-refractivity contribution in [1.29, 1.82) is 0 Å². The van der Waals surface area contributed by atoms with Crippen LogP contribution in [0.2, 0.25) is 0 Å². The van der Waals surface area contributed by atoms with E-state index in [-0.39, 0.29) is 0 Å². The van der Waals surface area contributed by atoms with Crippen molar-refractivity contribution in [1.82, 2.24) is 9.88 Å². The SMILES string of the molecule is CCC.CCN(CC)CCCCNc1c2ccccc2nc2ccc(S)cc12. The molecule has 1 aromatic heterocycles. The largest absolute Gasteiger partial charge is 0.384 e. The van der Waals surface area contributed by atoms with Crippen LogP contribution < -0.4 is 5.32 Å². The van der Waals surface area contributed by atoms with Gasteiger partial charge in [-0.3, -0.25) is 0 Å². The van der Waals surface area contributed by atoms with Crippen LogP contribution in [-0.2, 0) is 0 Å². The van der Waals surface area contributed by atoms with Crippen molar-refractivity contribution in [3.8, 4) is 0 Å². The molecule has 0 saturated carbocycles. The van der Waals surface area contributed by atoms with Crippen molar-refractivity contribution < 1.29 is 0 Å². The second kappa shape index (κ2) is 11.9. The third kappa shape index (κ3) is 6.11. The molecule has 0 unspecified atom stereocenters. The van der Waals surface area contributed by atoms with E-state index < -0.39 is 0 Å². The summed E-state index contributed by atoms with van der Waals surface area (Å²) in [5, 5.41) is 6.00. The summed E-state index contributed by atoms with van der Waals surface area (Å²) in [6.45, 7) is 13.1. The van der Waals surface area contributed by atoms with Crippen LogP contribution in [0.25, 0.3) is 21.8 Å². The van der Waals surface area contributed by atoms with Gasteiger partial charge in [0, 0.05) is 22.2 Å². The molecule has 0 amide bonds. The summed E-state index contributed by atoms with van der Waals surface area (Å²) in [5.41, 5.74) is 3.23. The summed E-state index contributed by atoms with van der Waals surface area (Å²) >= 11 is 4.51. The van der Waals surface area contributed by atoms with Crippen molar-refractivity contribution in [3.63, 3.8) is 0 Å². The van der Waals surface area contributed by atoms with Crippen molar-refractivity contribution >= 4 is 40.1 Å². The molecule has 3 aromatic rings. The molecular formula is C24H35N3S. The zero-order valence-electron chi connectivity index (χ0n) is 17.8. The Balaban J connectivity index is 0.000000878. The quantitative estimate of drug-likeness (QED) is 0.254. The minimum absolute atomic E-state index is 0.967. The molecule has 152 valence electrons. The lowest BCUT2D eigenvalue weighted by molar-refractivity contribution is 0.298. The minimum atomic E-state index is 0.967. The van der Waals surface area contributed by atoms with Gasteiger partial charge in [0.2, 0.25) is 0 Å². The average Bonchev–Trinajstić information content (AvgIpc) is 2.71. The standard InChI is InChI=1S/C21H27N3S.C3H8/c1-3-24(4-2)14-8-7-13-22-21-17-9-5-6-10-19(17)23-20-12-11-16(25)15-18(20)21;1-3-2/h5-6,9-12,15,25H,3-4,7-8,13-14H2,1-2H3,(H,22,23);3H2,1-2H3. The topological polar surface area (TPSA) is 28.2 Å². The maximum Gasteiger partial charge on any atom is 0.0731 e. The molecule has 0 atom stereocenters. The van der Waals surface area contributed by atoms with Crippen molar-refractivity contribution in [2.75, 3.05) is 31.5 Å². The van der Waals surface area contributed by atoms with E-state index in [0.29, 0.717) is 0 Å². The molecule has 3 rings (SSSR count). The van der Waals surface area contributed by atoms with E-state index in [1.54, 1.807) is 0 Å². The number of thiol groups is 1. The van der Waals surface area contributed by atoms with Gasteiger partial charge in [-0.1, -0.05) is 52.3 Å². The first kappa shape index (κ1) is 22.5. The first-order valence-corrected chi connectivity index (χ1v) is 11.1. The molecule has 0 bridgehead atoms. The third-order valence-corrected chi connectivity index (χ3v) is 5.04. The molecular weight excluding hydrogens is 362 g/mol. The molecule has 0 aliphatic carbocycles. The summed E-state index contributed by atoms with van der Waals surface area (Å²) < 4.78 is 0. The normalized spacial score (nSPS) is 10.9. The summed E-state index contributed by atoms with van der Waals surface area (Å²) in [4.78, 5) is 8.23. The predicted octanol–water partition coefficient (Wildman–Crippen LogP) is 6.63. The number of anilines is 1. The fraction of sp³-hybridized carbons (Fsp3) is 0.458. The number of nitrogens with one attached hydrogen (secondary N) is 1. The van der Waals surface area contributed by atoms with E-state index in [0.717, 1.165) is 47.4 Å². The Morgan fingerprint density at radius 2 is 1.57 bits per heavy atom. The first-order valence-electron chi connectivity index (χ1n) is 10.6. The number of para-hydroxylation sites is 1. The lowest BCUT2D eigenvalue weighted by atomic mass is 10.1. The summed E-state index contributed by atoms with van der Waals surface area (Å²) in [6, 6.07) is 14.5. The van der Waals surface area contributed by atoms with E-state index in [1.807, 2.05) is 12.1 Å². The van der Waals surface area contributed by atoms with Crippen molar-refractivity contribution in [2.24, 2.45) is 0 Å². The first-order chi connectivity index (χ1) is 13.6. The Bertz CT molecular complexity index is 859. The van der Waals surface area contributed by atoms with E-state index >= 15 is 0 Å². The highest BCUT2D eigenvalue weighted by Gasteiger charge is 2.09. The number of aromatic nitrogens is 1. The van der Waals surface area contributed by atoms with Crippen molar-refractivity contribution in [2.45, 2.75) is 51.9 Å². The number of nitrogens with zero attached hydrogens (tertiary/aromatic N) is 2. The highest BCUT2D eigenvalue weighted by molar-refractivity contribution is 7.80. The Labute approximate surface area is 175 Å². The van der Waals surface area contributed by atoms with Gasteiger partial charge in [0.15, 0.2) is 0 Å². The number of pyridine rings is 1. The second-order valence-electron chi connectivity index (χ2n) is 7.07. The van der Waals surface area contributed by atoms with Crippen LogP contribution in [0.15, 0.2) is 47.4 Å². The van der Waals surface area contributed by atoms with Gasteiger partial charge in [-0.15, -0.1) is 12.6 Å². The molecule has 0 aliphatic heterocycles. The van der Waals surface area contributed by atoms with Gasteiger partial charge < -0.3 is 10.2 Å². The zero-order chi connectivity index (χ0) is 20.4. The molecule has 2 aromatic carbocycles. The highest BCUT2D eigenvalue weighted by atomic mass is 32.1. The maximum absolute atomic E-state index is 4.79. The molecule has 0 aliphatic rings. The van der Waals surface area contributed by atoms with Crippen LogP contribution >= 0.6 is 12.6 Å². The molecule has 4 heteroatoms. The third-order valence-electron chi connectivity index (χ3n) is 4.76. The van der Waals surface area contributed by atoms with Gasteiger partial charge in [-0.25, -0.2) is 4.98 Å². The maximum atomic E-state index is 4.79. The highest BCUT2D eigenvalue weighted by Crippen LogP contribution is 2.32. The Morgan fingerprint density at radius 1 is 0.893 bits per heavy atom. The van der Waals surface area contributed by atoms with Crippen LogP contribution in [-0.4, -0.2) is 36.1 Å². The predicted molar refractivity (Wildman–Crippen MR) is 128 cm³/mol. The van der Waals surface area contributed by atoms with Gasteiger partial charge in [-0.05, 0) is 56.7 Å². The van der Waals surface area contributed by atoms with Crippen LogP contribution in [0.5, 0.6) is 0 Å². The Morgan fingerprint density at radius 3 is 2.29 bits per heavy atom. The summed E-state index contributed by atoms with van der Waals surface area (Å²) in [6.07, 6.45) is 3.63. The number of rotatable bonds is 8. The Kier molecular flexibility index (Phi) is 9.59. The summed E-state index contributed by atoms with van der Waals surface area (Å²) in [7, 11) is 0. The van der Waals surface area contributed by atoms with E-state index in [2.05, 4.69) is 80.9 Å². The van der Waals surface area contributed by atoms with Gasteiger partial charge >= 0.3 is 0 Å². The Hall–Kier alpha value is -1.78. The van der Waals surface area contributed by atoms with Gasteiger partial charge in [0.05, 0.1) is 16.7 Å².